The molecule has 0 saturated carbocycles. The molecule has 0 amide bonds. The Bertz CT molecular complexity index is 568. The molecule has 1 unspecified atom stereocenters. The second kappa shape index (κ2) is 5.69. The van der Waals surface area contributed by atoms with E-state index in [1.807, 2.05) is 13.0 Å². The van der Waals surface area contributed by atoms with Gasteiger partial charge in [-0.3, -0.25) is 4.79 Å². The zero-order valence-corrected chi connectivity index (χ0v) is 10.5. The molecule has 0 N–H and O–H groups in total. The van der Waals surface area contributed by atoms with Crippen LogP contribution in [-0.4, -0.2) is 20.3 Å². The maximum Gasteiger partial charge on any atom is 0.196 e. The molecule has 1 atom stereocenters. The van der Waals surface area contributed by atoms with Crippen LogP contribution in [0.3, 0.4) is 0 Å². The molecule has 4 heteroatoms. The van der Waals surface area contributed by atoms with Gasteiger partial charge in [-0.2, -0.15) is 0 Å². The monoisotopic (exact) mass is 248 g/mol. The molecule has 0 aliphatic carbocycles. The Morgan fingerprint density at radius 2 is 2.11 bits per heavy atom. The minimum Gasteiger partial charge on any atom is -0.492 e. The van der Waals surface area contributed by atoms with E-state index in [4.69, 9.17) is 13.9 Å². The van der Waals surface area contributed by atoms with Crippen LogP contribution in [0.4, 0.5) is 0 Å². The van der Waals surface area contributed by atoms with Crippen LogP contribution in [0.5, 0.6) is 5.75 Å². The van der Waals surface area contributed by atoms with Crippen LogP contribution in [0.25, 0.3) is 11.0 Å². The van der Waals surface area contributed by atoms with Gasteiger partial charge in [-0.05, 0) is 12.1 Å². The zero-order valence-electron chi connectivity index (χ0n) is 10.5. The lowest BCUT2D eigenvalue weighted by Crippen LogP contribution is -2.14. The summed E-state index contributed by atoms with van der Waals surface area (Å²) in [6, 6.07) is 6.73. The second-order valence-corrected chi connectivity index (χ2v) is 4.29. The van der Waals surface area contributed by atoms with Gasteiger partial charge >= 0.3 is 0 Å². The molecule has 2 rings (SSSR count). The quantitative estimate of drug-likeness (QED) is 0.815. The molecule has 0 saturated heterocycles. The van der Waals surface area contributed by atoms with E-state index in [9.17, 15) is 4.79 Å². The number of hydrogen-bond donors (Lipinski definition) is 0. The SMILES string of the molecule is COCC(C)COc1cccc2occc(=O)c12. The molecule has 0 radical (unpaired) electrons. The maximum absolute atomic E-state index is 11.8. The van der Waals surface area contributed by atoms with E-state index in [0.29, 0.717) is 29.9 Å². The number of rotatable bonds is 5. The lowest BCUT2D eigenvalue weighted by Gasteiger charge is -2.12. The summed E-state index contributed by atoms with van der Waals surface area (Å²) in [6.45, 7) is 3.15. The molecule has 0 spiro atoms. The lowest BCUT2D eigenvalue weighted by molar-refractivity contribution is 0.127. The Labute approximate surface area is 105 Å². The smallest absolute Gasteiger partial charge is 0.196 e. The number of fused-ring (bicyclic) bond motifs is 1. The second-order valence-electron chi connectivity index (χ2n) is 4.29. The molecule has 1 aromatic heterocycles. The summed E-state index contributed by atoms with van der Waals surface area (Å²) in [7, 11) is 1.66. The maximum atomic E-state index is 11.8. The standard InChI is InChI=1S/C14H16O4/c1-10(8-16-2)9-18-13-5-3-4-12-14(13)11(15)6-7-17-12/h3-7,10H,8-9H2,1-2H3. The van der Waals surface area contributed by atoms with E-state index in [1.165, 1.54) is 12.3 Å². The van der Waals surface area contributed by atoms with Gasteiger partial charge in [0.05, 0.1) is 19.5 Å². The minimum absolute atomic E-state index is 0.0914. The molecule has 0 aliphatic rings. The predicted octanol–water partition coefficient (Wildman–Crippen LogP) is 2.45. The van der Waals surface area contributed by atoms with Crippen molar-refractivity contribution >= 4 is 11.0 Å². The lowest BCUT2D eigenvalue weighted by atomic mass is 10.2. The molecule has 1 heterocycles. The van der Waals surface area contributed by atoms with Crippen LogP contribution in [0.2, 0.25) is 0 Å². The molecule has 1 aromatic carbocycles. The Hall–Kier alpha value is -1.81. The summed E-state index contributed by atoms with van der Waals surface area (Å²) in [4.78, 5) is 11.8. The van der Waals surface area contributed by atoms with Gasteiger partial charge in [-0.25, -0.2) is 0 Å². The highest BCUT2D eigenvalue weighted by atomic mass is 16.5. The van der Waals surface area contributed by atoms with Crippen molar-refractivity contribution in [3.8, 4) is 5.75 Å². The van der Waals surface area contributed by atoms with E-state index >= 15 is 0 Å². The van der Waals surface area contributed by atoms with Crippen molar-refractivity contribution in [3.05, 3.63) is 40.8 Å². The van der Waals surface area contributed by atoms with Gasteiger partial charge in [0.25, 0.3) is 0 Å². The first kappa shape index (κ1) is 12.6. The molecular weight excluding hydrogens is 232 g/mol. The van der Waals surface area contributed by atoms with Gasteiger partial charge < -0.3 is 13.9 Å². The van der Waals surface area contributed by atoms with Gasteiger partial charge in [0.2, 0.25) is 0 Å². The Morgan fingerprint density at radius 3 is 2.89 bits per heavy atom. The number of methoxy groups -OCH3 is 1. The molecule has 96 valence electrons. The van der Waals surface area contributed by atoms with Gasteiger partial charge in [0.15, 0.2) is 5.43 Å². The van der Waals surface area contributed by atoms with Gasteiger partial charge in [0, 0.05) is 19.1 Å². The summed E-state index contributed by atoms with van der Waals surface area (Å²) >= 11 is 0. The average Bonchev–Trinajstić information content (AvgIpc) is 2.37. The van der Waals surface area contributed by atoms with Crippen LogP contribution in [0.15, 0.2) is 39.7 Å². The third-order valence-corrected chi connectivity index (χ3v) is 2.62. The summed E-state index contributed by atoms with van der Waals surface area (Å²) in [5.74, 6) is 0.825. The molecular formula is C14H16O4. The van der Waals surface area contributed by atoms with Crippen LogP contribution >= 0.6 is 0 Å². The zero-order chi connectivity index (χ0) is 13.0. The van der Waals surface area contributed by atoms with Gasteiger partial charge in [-0.1, -0.05) is 13.0 Å². The van der Waals surface area contributed by atoms with E-state index in [1.54, 1.807) is 19.2 Å². The topological polar surface area (TPSA) is 48.7 Å². The van der Waals surface area contributed by atoms with Crippen molar-refractivity contribution in [3.63, 3.8) is 0 Å². The summed E-state index contributed by atoms with van der Waals surface area (Å²) in [6.07, 6.45) is 1.39. The van der Waals surface area contributed by atoms with Crippen molar-refractivity contribution in [1.29, 1.82) is 0 Å². The summed E-state index contributed by atoms with van der Waals surface area (Å²) in [5, 5.41) is 0.490. The molecule has 0 fully saturated rings. The highest BCUT2D eigenvalue weighted by molar-refractivity contribution is 5.82. The first-order valence-corrected chi connectivity index (χ1v) is 5.84. The number of benzene rings is 1. The highest BCUT2D eigenvalue weighted by Gasteiger charge is 2.09. The Morgan fingerprint density at radius 1 is 1.28 bits per heavy atom. The highest BCUT2D eigenvalue weighted by Crippen LogP contribution is 2.22. The van der Waals surface area contributed by atoms with E-state index in [-0.39, 0.29) is 11.3 Å². The summed E-state index contributed by atoms with van der Waals surface area (Å²) in [5.41, 5.74) is 0.450. The van der Waals surface area contributed by atoms with E-state index < -0.39 is 0 Å². The van der Waals surface area contributed by atoms with Crippen molar-refractivity contribution in [1.82, 2.24) is 0 Å². The average molecular weight is 248 g/mol. The first-order valence-electron chi connectivity index (χ1n) is 5.84. The molecule has 0 bridgehead atoms. The van der Waals surface area contributed by atoms with Crippen molar-refractivity contribution < 1.29 is 13.9 Å². The molecule has 0 aliphatic heterocycles. The van der Waals surface area contributed by atoms with Crippen LogP contribution in [-0.2, 0) is 4.74 Å². The van der Waals surface area contributed by atoms with Crippen molar-refractivity contribution in [2.24, 2.45) is 5.92 Å². The van der Waals surface area contributed by atoms with Gasteiger partial charge in [0.1, 0.15) is 16.7 Å². The van der Waals surface area contributed by atoms with Crippen molar-refractivity contribution in [2.75, 3.05) is 20.3 Å². The molecule has 4 nitrogen and oxygen atoms in total. The predicted molar refractivity (Wildman–Crippen MR) is 69.0 cm³/mol. The fraction of sp³-hybridized carbons (Fsp3) is 0.357. The number of ether oxygens (including phenoxy) is 2. The normalized spacial score (nSPS) is 12.6. The van der Waals surface area contributed by atoms with Crippen molar-refractivity contribution in [2.45, 2.75) is 6.92 Å². The van der Waals surface area contributed by atoms with Gasteiger partial charge in [-0.15, -0.1) is 0 Å². The Kier molecular flexibility index (Phi) is 3.99. The number of hydrogen-bond acceptors (Lipinski definition) is 4. The first-order chi connectivity index (χ1) is 8.72. The van der Waals surface area contributed by atoms with E-state index in [0.717, 1.165) is 0 Å². The van der Waals surface area contributed by atoms with Crippen LogP contribution in [0.1, 0.15) is 6.92 Å². The van der Waals surface area contributed by atoms with E-state index in [2.05, 4.69) is 0 Å². The fourth-order valence-corrected chi connectivity index (χ4v) is 1.79. The minimum atomic E-state index is -0.0914. The largest absolute Gasteiger partial charge is 0.492 e. The van der Waals surface area contributed by atoms with Crippen LogP contribution < -0.4 is 10.2 Å². The molecule has 18 heavy (non-hydrogen) atoms. The fourth-order valence-electron chi connectivity index (χ4n) is 1.79. The Balaban J connectivity index is 2.26. The summed E-state index contributed by atoms with van der Waals surface area (Å²) < 4.78 is 16.0. The molecule has 2 aromatic rings. The van der Waals surface area contributed by atoms with Crippen LogP contribution in [0, 0.1) is 5.92 Å². The third-order valence-electron chi connectivity index (χ3n) is 2.62. The third kappa shape index (κ3) is 2.71.